The molecule has 2 rings (SSSR count). The number of nitrogens with zero attached hydrogens (tertiary/aromatic N) is 1. The Hall–Kier alpha value is -1.84. The fourth-order valence-electron chi connectivity index (χ4n) is 2.43. The van der Waals surface area contributed by atoms with Gasteiger partial charge in [0, 0.05) is 24.8 Å². The Kier molecular flexibility index (Phi) is 2.89. The third kappa shape index (κ3) is 1.78. The van der Waals surface area contributed by atoms with Crippen LogP contribution >= 0.6 is 0 Å². The first kappa shape index (κ1) is 12.6. The summed E-state index contributed by atoms with van der Waals surface area (Å²) in [5, 5.41) is 2.75. The maximum absolute atomic E-state index is 12.3. The SMILES string of the molecule is CCN1C(=O)C(C)(C)c2cc(NC(C)=O)ccc21. The molecule has 1 aliphatic rings. The van der Waals surface area contributed by atoms with Crippen LogP contribution in [0.4, 0.5) is 11.4 Å². The molecule has 0 saturated heterocycles. The molecule has 0 radical (unpaired) electrons. The molecule has 1 aliphatic heterocycles. The molecule has 4 nitrogen and oxygen atoms in total. The number of fused-ring (bicyclic) bond motifs is 1. The van der Waals surface area contributed by atoms with Crippen LogP contribution in [0.25, 0.3) is 0 Å². The lowest BCUT2D eigenvalue weighted by molar-refractivity contribution is -0.122. The lowest BCUT2D eigenvalue weighted by Crippen LogP contribution is -2.35. The zero-order valence-electron chi connectivity index (χ0n) is 11.2. The second-order valence-electron chi connectivity index (χ2n) is 5.09. The molecule has 1 aromatic rings. The Bertz CT molecular complexity index is 521. The van der Waals surface area contributed by atoms with Gasteiger partial charge in [-0.2, -0.15) is 0 Å². The number of amides is 2. The Morgan fingerprint density at radius 1 is 1.39 bits per heavy atom. The van der Waals surface area contributed by atoms with E-state index in [1.165, 1.54) is 6.92 Å². The lowest BCUT2D eigenvalue weighted by atomic mass is 9.86. The van der Waals surface area contributed by atoms with Crippen LogP contribution in [0.1, 0.15) is 33.3 Å². The summed E-state index contributed by atoms with van der Waals surface area (Å²) in [5.74, 6) is 0.00408. The number of anilines is 2. The summed E-state index contributed by atoms with van der Waals surface area (Å²) < 4.78 is 0. The molecule has 0 atom stereocenters. The second kappa shape index (κ2) is 4.12. The Morgan fingerprint density at radius 3 is 2.61 bits per heavy atom. The van der Waals surface area contributed by atoms with Gasteiger partial charge in [-0.15, -0.1) is 0 Å². The average molecular weight is 246 g/mol. The highest BCUT2D eigenvalue weighted by Crippen LogP contribution is 2.42. The minimum absolute atomic E-state index is 0.107. The molecule has 0 aromatic heterocycles. The van der Waals surface area contributed by atoms with Gasteiger partial charge >= 0.3 is 0 Å². The molecule has 18 heavy (non-hydrogen) atoms. The molecule has 1 aromatic carbocycles. The van der Waals surface area contributed by atoms with Crippen molar-refractivity contribution in [1.29, 1.82) is 0 Å². The number of hydrogen-bond acceptors (Lipinski definition) is 2. The summed E-state index contributed by atoms with van der Waals surface area (Å²) >= 11 is 0. The van der Waals surface area contributed by atoms with Gasteiger partial charge < -0.3 is 10.2 Å². The van der Waals surface area contributed by atoms with Crippen molar-refractivity contribution in [3.05, 3.63) is 23.8 Å². The van der Waals surface area contributed by atoms with Crippen LogP contribution in [-0.2, 0) is 15.0 Å². The molecule has 96 valence electrons. The highest BCUT2D eigenvalue weighted by Gasteiger charge is 2.43. The Labute approximate surface area is 107 Å². The van der Waals surface area contributed by atoms with Gasteiger partial charge in [0.15, 0.2) is 0 Å². The van der Waals surface area contributed by atoms with Crippen molar-refractivity contribution < 1.29 is 9.59 Å². The first-order valence-electron chi connectivity index (χ1n) is 6.12. The number of hydrogen-bond donors (Lipinski definition) is 1. The van der Waals surface area contributed by atoms with Crippen molar-refractivity contribution >= 4 is 23.2 Å². The van der Waals surface area contributed by atoms with E-state index >= 15 is 0 Å². The predicted octanol–water partition coefficient (Wildman–Crippen LogP) is 2.29. The van der Waals surface area contributed by atoms with Gasteiger partial charge in [-0.1, -0.05) is 0 Å². The number of carbonyl (C=O) groups is 2. The largest absolute Gasteiger partial charge is 0.326 e. The van der Waals surface area contributed by atoms with Crippen molar-refractivity contribution in [3.63, 3.8) is 0 Å². The molecule has 0 unspecified atom stereocenters. The standard InChI is InChI=1S/C14H18N2O2/c1-5-16-12-7-6-10(15-9(2)17)8-11(12)14(3,4)13(16)18/h6-8H,5H2,1-4H3,(H,15,17). The molecular weight excluding hydrogens is 228 g/mol. The van der Waals surface area contributed by atoms with Gasteiger partial charge in [-0.3, -0.25) is 9.59 Å². The molecule has 2 amide bonds. The number of likely N-dealkylation sites (N-methyl/N-ethyl adjacent to an activating group) is 1. The van der Waals surface area contributed by atoms with E-state index in [1.54, 1.807) is 4.90 Å². The molecule has 0 fully saturated rings. The maximum atomic E-state index is 12.3. The van der Waals surface area contributed by atoms with Crippen LogP contribution in [0.15, 0.2) is 18.2 Å². The first-order chi connectivity index (χ1) is 8.37. The van der Waals surface area contributed by atoms with Crippen LogP contribution < -0.4 is 10.2 Å². The molecule has 0 saturated carbocycles. The van der Waals surface area contributed by atoms with Gasteiger partial charge in [0.05, 0.1) is 5.41 Å². The van der Waals surface area contributed by atoms with Crippen LogP contribution in [0.5, 0.6) is 0 Å². The third-order valence-corrected chi connectivity index (χ3v) is 3.38. The van der Waals surface area contributed by atoms with Crippen LogP contribution in [-0.4, -0.2) is 18.4 Å². The van der Waals surface area contributed by atoms with Crippen LogP contribution in [0, 0.1) is 0 Å². The highest BCUT2D eigenvalue weighted by molar-refractivity contribution is 6.08. The van der Waals surface area contributed by atoms with Crippen molar-refractivity contribution in [2.45, 2.75) is 33.1 Å². The van der Waals surface area contributed by atoms with Crippen molar-refractivity contribution in [1.82, 2.24) is 0 Å². The summed E-state index contributed by atoms with van der Waals surface area (Å²) in [4.78, 5) is 25.1. The summed E-state index contributed by atoms with van der Waals surface area (Å²) in [6, 6.07) is 5.62. The minimum atomic E-state index is -0.528. The van der Waals surface area contributed by atoms with Crippen molar-refractivity contribution in [2.24, 2.45) is 0 Å². The molecule has 0 aliphatic carbocycles. The van der Waals surface area contributed by atoms with Crippen molar-refractivity contribution in [2.75, 3.05) is 16.8 Å². The monoisotopic (exact) mass is 246 g/mol. The fraction of sp³-hybridized carbons (Fsp3) is 0.429. The van der Waals surface area contributed by atoms with Crippen molar-refractivity contribution in [3.8, 4) is 0 Å². The van der Waals surface area contributed by atoms with Gasteiger partial charge in [-0.25, -0.2) is 0 Å². The molecule has 4 heteroatoms. The van der Waals surface area contributed by atoms with Gasteiger partial charge in [-0.05, 0) is 44.5 Å². The number of nitrogens with one attached hydrogen (secondary N) is 1. The molecular formula is C14H18N2O2. The number of carbonyl (C=O) groups excluding carboxylic acids is 2. The quantitative estimate of drug-likeness (QED) is 0.870. The van der Waals surface area contributed by atoms with Gasteiger partial charge in [0.2, 0.25) is 11.8 Å². The van der Waals surface area contributed by atoms with Crippen LogP contribution in [0.2, 0.25) is 0 Å². The van der Waals surface area contributed by atoms with Gasteiger partial charge in [0.25, 0.3) is 0 Å². The van der Waals surface area contributed by atoms with E-state index < -0.39 is 5.41 Å². The lowest BCUT2D eigenvalue weighted by Gasteiger charge is -2.18. The third-order valence-electron chi connectivity index (χ3n) is 3.38. The Balaban J connectivity index is 2.50. The average Bonchev–Trinajstić information content (AvgIpc) is 2.47. The molecule has 0 bridgehead atoms. The summed E-state index contributed by atoms with van der Waals surface area (Å²) in [6.07, 6.45) is 0. The molecule has 0 spiro atoms. The van der Waals surface area contributed by atoms with E-state index in [2.05, 4.69) is 5.32 Å². The van der Waals surface area contributed by atoms with E-state index in [1.807, 2.05) is 39.0 Å². The summed E-state index contributed by atoms with van der Waals surface area (Å²) in [5.41, 5.74) is 2.13. The minimum Gasteiger partial charge on any atom is -0.326 e. The summed E-state index contributed by atoms with van der Waals surface area (Å²) in [6.45, 7) is 7.93. The number of rotatable bonds is 2. The van der Waals surface area contributed by atoms with E-state index in [4.69, 9.17) is 0 Å². The second-order valence-corrected chi connectivity index (χ2v) is 5.09. The van der Waals surface area contributed by atoms with Crippen LogP contribution in [0.3, 0.4) is 0 Å². The first-order valence-corrected chi connectivity index (χ1v) is 6.12. The molecule has 1 heterocycles. The smallest absolute Gasteiger partial charge is 0.237 e. The van der Waals surface area contributed by atoms with E-state index in [-0.39, 0.29) is 11.8 Å². The zero-order chi connectivity index (χ0) is 13.5. The topological polar surface area (TPSA) is 49.4 Å². The normalized spacial score (nSPS) is 16.7. The fourth-order valence-corrected chi connectivity index (χ4v) is 2.43. The Morgan fingerprint density at radius 2 is 2.06 bits per heavy atom. The maximum Gasteiger partial charge on any atom is 0.237 e. The zero-order valence-corrected chi connectivity index (χ0v) is 11.2. The number of benzene rings is 1. The van der Waals surface area contributed by atoms with E-state index in [0.717, 1.165) is 16.9 Å². The molecule has 1 N–H and O–H groups in total. The van der Waals surface area contributed by atoms with Gasteiger partial charge in [0.1, 0.15) is 0 Å². The highest BCUT2D eigenvalue weighted by atomic mass is 16.2. The predicted molar refractivity (Wildman–Crippen MR) is 71.8 cm³/mol. The van der Waals surface area contributed by atoms with E-state index in [9.17, 15) is 9.59 Å². The van der Waals surface area contributed by atoms with E-state index in [0.29, 0.717) is 6.54 Å². The summed E-state index contributed by atoms with van der Waals surface area (Å²) in [7, 11) is 0.